The van der Waals surface area contributed by atoms with Crippen molar-refractivity contribution in [3.05, 3.63) is 34.4 Å². The van der Waals surface area contributed by atoms with Crippen molar-refractivity contribution in [3.8, 4) is 0 Å². The highest BCUT2D eigenvalue weighted by molar-refractivity contribution is 7.89. The summed E-state index contributed by atoms with van der Waals surface area (Å²) in [5, 5.41) is 10.6. The van der Waals surface area contributed by atoms with Gasteiger partial charge < -0.3 is 4.74 Å². The molecule has 0 saturated carbocycles. The number of hydrogen-bond acceptors (Lipinski definition) is 6. The highest BCUT2D eigenvalue weighted by Crippen LogP contribution is 2.28. The van der Waals surface area contributed by atoms with Gasteiger partial charge in [-0.1, -0.05) is 0 Å². The van der Waals surface area contributed by atoms with Gasteiger partial charge in [0.25, 0.3) is 5.69 Å². The van der Waals surface area contributed by atoms with Crippen molar-refractivity contribution >= 4 is 21.7 Å². The molecular formula is C13H16N2O6S. The van der Waals surface area contributed by atoms with E-state index in [4.69, 9.17) is 0 Å². The molecule has 0 aromatic heterocycles. The maximum Gasteiger partial charge on any atom is 0.307 e. The lowest BCUT2D eigenvalue weighted by Crippen LogP contribution is -2.37. The van der Waals surface area contributed by atoms with Crippen LogP contribution >= 0.6 is 0 Å². The first-order valence-electron chi connectivity index (χ1n) is 6.69. The predicted molar refractivity (Wildman–Crippen MR) is 76.6 cm³/mol. The summed E-state index contributed by atoms with van der Waals surface area (Å²) in [5.74, 6) is -0.462. The minimum Gasteiger partial charge on any atom is -0.469 e. The summed E-state index contributed by atoms with van der Waals surface area (Å²) >= 11 is 0. The van der Waals surface area contributed by atoms with Crippen LogP contribution in [0.1, 0.15) is 19.3 Å². The van der Waals surface area contributed by atoms with Gasteiger partial charge in [0.2, 0.25) is 10.0 Å². The molecule has 0 radical (unpaired) electrons. The molecule has 0 bridgehead atoms. The van der Waals surface area contributed by atoms with E-state index in [2.05, 4.69) is 4.74 Å². The Morgan fingerprint density at radius 2 is 2.05 bits per heavy atom. The molecule has 1 saturated heterocycles. The number of hydrogen-bond donors (Lipinski definition) is 0. The summed E-state index contributed by atoms with van der Waals surface area (Å²) in [5.41, 5.74) is -0.175. The standard InChI is InChI=1S/C13H16N2O6S/c1-21-13(16)9-11-3-2-8-14(11)22(19,20)12-6-4-10(5-7-12)15(17)18/h4-7,11H,2-3,8-9H2,1H3. The normalized spacial score (nSPS) is 19.0. The van der Waals surface area contributed by atoms with Gasteiger partial charge in [0, 0.05) is 24.7 Å². The molecule has 1 heterocycles. The highest BCUT2D eigenvalue weighted by Gasteiger charge is 2.36. The fourth-order valence-corrected chi connectivity index (χ4v) is 4.17. The largest absolute Gasteiger partial charge is 0.469 e. The lowest BCUT2D eigenvalue weighted by atomic mass is 10.2. The lowest BCUT2D eigenvalue weighted by molar-refractivity contribution is -0.384. The van der Waals surface area contributed by atoms with Crippen molar-refractivity contribution in [3.63, 3.8) is 0 Å². The molecule has 0 N–H and O–H groups in total. The van der Waals surface area contributed by atoms with Gasteiger partial charge in [-0.3, -0.25) is 14.9 Å². The number of esters is 1. The van der Waals surface area contributed by atoms with Crippen molar-refractivity contribution in [1.29, 1.82) is 0 Å². The number of ether oxygens (including phenoxy) is 1. The Morgan fingerprint density at radius 3 is 2.59 bits per heavy atom. The van der Waals surface area contributed by atoms with E-state index in [0.717, 1.165) is 12.1 Å². The molecule has 1 aliphatic rings. The number of nitro groups is 1. The molecule has 2 rings (SSSR count). The van der Waals surface area contributed by atoms with Gasteiger partial charge in [-0.15, -0.1) is 0 Å². The molecular weight excluding hydrogens is 312 g/mol. The zero-order valence-corrected chi connectivity index (χ0v) is 12.8. The van der Waals surface area contributed by atoms with Crippen LogP contribution in [0.4, 0.5) is 5.69 Å². The summed E-state index contributed by atoms with van der Waals surface area (Å²) < 4.78 is 31.1. The predicted octanol–water partition coefficient (Wildman–Crippen LogP) is 1.31. The fraction of sp³-hybridized carbons (Fsp3) is 0.462. The van der Waals surface area contributed by atoms with E-state index >= 15 is 0 Å². The summed E-state index contributed by atoms with van der Waals surface area (Å²) in [4.78, 5) is 21.4. The third-order valence-corrected chi connectivity index (χ3v) is 5.57. The van der Waals surface area contributed by atoms with Crippen molar-refractivity contribution in [1.82, 2.24) is 4.31 Å². The number of carbonyl (C=O) groups excluding carboxylic acids is 1. The average Bonchev–Trinajstić information content (AvgIpc) is 2.96. The number of non-ortho nitro benzene ring substituents is 1. The molecule has 1 fully saturated rings. The van der Waals surface area contributed by atoms with E-state index in [1.807, 2.05) is 0 Å². The smallest absolute Gasteiger partial charge is 0.307 e. The molecule has 1 aromatic carbocycles. The number of nitro benzene ring substituents is 1. The summed E-state index contributed by atoms with van der Waals surface area (Å²) in [6.07, 6.45) is 1.25. The van der Waals surface area contributed by atoms with Crippen LogP contribution in [0.25, 0.3) is 0 Å². The number of benzene rings is 1. The molecule has 22 heavy (non-hydrogen) atoms. The Hall–Kier alpha value is -2.00. The van der Waals surface area contributed by atoms with Gasteiger partial charge >= 0.3 is 5.97 Å². The molecule has 0 aliphatic carbocycles. The van der Waals surface area contributed by atoms with Crippen molar-refractivity contribution < 1.29 is 22.9 Å². The number of methoxy groups -OCH3 is 1. The highest BCUT2D eigenvalue weighted by atomic mass is 32.2. The van der Waals surface area contributed by atoms with E-state index in [-0.39, 0.29) is 17.0 Å². The molecule has 120 valence electrons. The van der Waals surface area contributed by atoms with Crippen LogP contribution in [0.3, 0.4) is 0 Å². The van der Waals surface area contributed by atoms with Crippen LogP contribution in [0.2, 0.25) is 0 Å². The second kappa shape index (κ2) is 6.41. The average molecular weight is 328 g/mol. The molecule has 9 heteroatoms. The van der Waals surface area contributed by atoms with E-state index in [9.17, 15) is 23.3 Å². The Bertz CT molecular complexity index is 670. The van der Waals surface area contributed by atoms with Crippen molar-refractivity contribution in [2.45, 2.75) is 30.2 Å². The second-order valence-electron chi connectivity index (χ2n) is 4.94. The quantitative estimate of drug-likeness (QED) is 0.458. The molecule has 1 atom stereocenters. The number of carbonyl (C=O) groups is 1. The summed E-state index contributed by atoms with van der Waals surface area (Å²) in [7, 11) is -2.52. The first-order chi connectivity index (χ1) is 10.4. The molecule has 1 aromatic rings. The van der Waals surface area contributed by atoms with Gasteiger partial charge in [0.15, 0.2) is 0 Å². The Morgan fingerprint density at radius 1 is 1.41 bits per heavy atom. The van der Waals surface area contributed by atoms with Crippen LogP contribution in [-0.2, 0) is 19.6 Å². The van der Waals surface area contributed by atoms with Crippen molar-refractivity contribution in [2.75, 3.05) is 13.7 Å². The maximum absolute atomic E-state index is 12.6. The first-order valence-corrected chi connectivity index (χ1v) is 8.13. The lowest BCUT2D eigenvalue weighted by Gasteiger charge is -2.23. The molecule has 8 nitrogen and oxygen atoms in total. The van der Waals surface area contributed by atoms with Gasteiger partial charge in [0.05, 0.1) is 23.3 Å². The van der Waals surface area contributed by atoms with Gasteiger partial charge in [-0.2, -0.15) is 4.31 Å². The van der Waals surface area contributed by atoms with Crippen LogP contribution in [0.5, 0.6) is 0 Å². The van der Waals surface area contributed by atoms with E-state index in [0.29, 0.717) is 19.4 Å². The van der Waals surface area contributed by atoms with E-state index < -0.39 is 27.0 Å². The second-order valence-corrected chi connectivity index (χ2v) is 6.83. The zero-order valence-electron chi connectivity index (χ0n) is 12.0. The molecule has 0 spiro atoms. The molecule has 1 aliphatic heterocycles. The Kier molecular flexibility index (Phi) is 4.77. The Balaban J connectivity index is 2.25. The Labute approximate surface area is 127 Å². The maximum atomic E-state index is 12.6. The minimum absolute atomic E-state index is 0.00269. The number of sulfonamides is 1. The third kappa shape index (κ3) is 3.25. The molecule has 1 unspecified atom stereocenters. The minimum atomic E-state index is -3.78. The van der Waals surface area contributed by atoms with E-state index in [1.165, 1.54) is 23.5 Å². The van der Waals surface area contributed by atoms with Crippen LogP contribution in [-0.4, -0.2) is 43.3 Å². The van der Waals surface area contributed by atoms with Crippen LogP contribution in [0.15, 0.2) is 29.2 Å². The monoisotopic (exact) mass is 328 g/mol. The summed E-state index contributed by atoms with van der Waals surface area (Å²) in [6, 6.07) is 4.28. The SMILES string of the molecule is COC(=O)CC1CCCN1S(=O)(=O)c1ccc([N+](=O)[O-])cc1. The number of rotatable bonds is 5. The van der Waals surface area contributed by atoms with E-state index in [1.54, 1.807) is 0 Å². The fourth-order valence-electron chi connectivity index (χ4n) is 2.48. The number of nitrogens with zero attached hydrogens (tertiary/aromatic N) is 2. The van der Waals surface area contributed by atoms with Gasteiger partial charge in [-0.25, -0.2) is 8.42 Å². The summed E-state index contributed by atoms with van der Waals surface area (Å²) in [6.45, 7) is 0.320. The molecule has 0 amide bonds. The van der Waals surface area contributed by atoms with Crippen molar-refractivity contribution in [2.24, 2.45) is 0 Å². The zero-order chi connectivity index (χ0) is 16.3. The van der Waals surface area contributed by atoms with Gasteiger partial charge in [-0.05, 0) is 25.0 Å². The van der Waals surface area contributed by atoms with Gasteiger partial charge in [0.1, 0.15) is 0 Å². The third-order valence-electron chi connectivity index (χ3n) is 3.61. The first kappa shape index (κ1) is 16.4. The topological polar surface area (TPSA) is 107 Å². The van der Waals surface area contributed by atoms with Crippen LogP contribution < -0.4 is 0 Å². The van der Waals surface area contributed by atoms with Crippen LogP contribution in [0, 0.1) is 10.1 Å².